The van der Waals surface area contributed by atoms with E-state index in [0.717, 1.165) is 0 Å². The minimum atomic E-state index is -0.758. The van der Waals surface area contributed by atoms with Gasteiger partial charge in [0.05, 0.1) is 5.56 Å². The Labute approximate surface area is 166 Å². The molecule has 0 aliphatic heterocycles. The van der Waals surface area contributed by atoms with E-state index >= 15 is 0 Å². The van der Waals surface area contributed by atoms with Gasteiger partial charge in [-0.15, -0.1) is 0 Å². The number of aromatic hydroxyl groups is 1. The van der Waals surface area contributed by atoms with Crippen LogP contribution in [0.2, 0.25) is 0 Å². The van der Waals surface area contributed by atoms with Crippen LogP contribution in [0.3, 0.4) is 0 Å². The third kappa shape index (κ3) is 5.14. The number of amides is 1. The number of phenolic OH excluding ortho intramolecular Hbond substituents is 1. The molecule has 1 amide bonds. The first-order chi connectivity index (χ1) is 9.09. The molecular weight excluding hydrogens is 292 g/mol. The van der Waals surface area contributed by atoms with Crippen LogP contribution < -0.4 is 10.5 Å². The molecule has 0 saturated heterocycles. The zero-order valence-electron chi connectivity index (χ0n) is 9.87. The molecule has 2 rings (SSSR count). The van der Waals surface area contributed by atoms with Gasteiger partial charge in [-0.3, -0.25) is 4.79 Å². The molecule has 0 bridgehead atoms. The average Bonchev–Trinajstić information content (AvgIpc) is 2.39. The molecular formula is C14H13NNa2O4. The summed E-state index contributed by atoms with van der Waals surface area (Å²) in [5.74, 6) is -1.58. The second-order valence-electron chi connectivity index (χ2n) is 3.77. The first kappa shape index (κ1) is 20.2. The summed E-state index contributed by atoms with van der Waals surface area (Å²) in [6, 6.07) is 12.1. The van der Waals surface area contributed by atoms with Gasteiger partial charge in [0.2, 0.25) is 0 Å². The first-order valence-corrected chi connectivity index (χ1v) is 5.48. The average molecular weight is 305 g/mol. The van der Waals surface area contributed by atoms with Crippen molar-refractivity contribution in [1.82, 2.24) is 0 Å². The standard InChI is InChI=1S/C14H11NO4.2Na.2H/c15-13(17)10-6-2-4-8-12(10)19-14(18)9-5-1-3-7-11(9)16;;;;/h1-8,16H,(H2,15,17);;;;. The molecule has 0 heterocycles. The number of carbonyl (C=O) groups is 2. The van der Waals surface area contributed by atoms with Crippen LogP contribution in [0.5, 0.6) is 11.5 Å². The van der Waals surface area contributed by atoms with E-state index < -0.39 is 11.9 Å². The fraction of sp³-hybridized carbons (Fsp3) is 0. The number of hydrogen-bond donors (Lipinski definition) is 2. The predicted molar refractivity (Wildman–Crippen MR) is 82.3 cm³/mol. The molecule has 0 aromatic heterocycles. The Hall–Kier alpha value is -0.820. The zero-order chi connectivity index (χ0) is 13.8. The molecule has 0 unspecified atom stereocenters. The zero-order valence-corrected chi connectivity index (χ0v) is 9.87. The van der Waals surface area contributed by atoms with E-state index in [0.29, 0.717) is 0 Å². The summed E-state index contributed by atoms with van der Waals surface area (Å²) in [5, 5.41) is 9.54. The van der Waals surface area contributed by atoms with Crippen molar-refractivity contribution in [2.45, 2.75) is 0 Å². The van der Waals surface area contributed by atoms with E-state index in [4.69, 9.17) is 10.5 Å². The molecule has 3 N–H and O–H groups in total. The number of para-hydroxylation sites is 2. The number of rotatable bonds is 3. The number of phenols is 1. The van der Waals surface area contributed by atoms with Gasteiger partial charge in [-0.1, -0.05) is 24.3 Å². The van der Waals surface area contributed by atoms with Crippen molar-refractivity contribution >= 4 is 71.0 Å². The Balaban J connectivity index is 0.00000200. The molecule has 2 aromatic rings. The van der Waals surface area contributed by atoms with Crippen LogP contribution in [0.15, 0.2) is 48.5 Å². The van der Waals surface area contributed by atoms with Crippen molar-refractivity contribution in [1.29, 1.82) is 0 Å². The van der Waals surface area contributed by atoms with E-state index in [1.54, 1.807) is 24.3 Å². The summed E-state index contributed by atoms with van der Waals surface area (Å²) >= 11 is 0. The van der Waals surface area contributed by atoms with Crippen LogP contribution >= 0.6 is 0 Å². The van der Waals surface area contributed by atoms with Gasteiger partial charge in [0, 0.05) is 0 Å². The maximum absolute atomic E-state index is 11.9. The van der Waals surface area contributed by atoms with Crippen molar-refractivity contribution < 1.29 is 19.4 Å². The first-order valence-electron chi connectivity index (χ1n) is 5.48. The molecule has 0 aliphatic carbocycles. The second kappa shape index (κ2) is 9.25. The summed E-state index contributed by atoms with van der Waals surface area (Å²) < 4.78 is 5.07. The second-order valence-corrected chi connectivity index (χ2v) is 3.77. The van der Waals surface area contributed by atoms with Crippen LogP contribution in [-0.2, 0) is 0 Å². The van der Waals surface area contributed by atoms with Crippen molar-refractivity contribution in [2.24, 2.45) is 5.73 Å². The Kier molecular flexibility index (Phi) is 8.89. The molecule has 5 nitrogen and oxygen atoms in total. The number of benzene rings is 2. The number of nitrogens with two attached hydrogens (primary N) is 1. The number of hydrogen-bond acceptors (Lipinski definition) is 4. The fourth-order valence-corrected chi connectivity index (χ4v) is 1.56. The molecule has 0 radical (unpaired) electrons. The van der Waals surface area contributed by atoms with E-state index in [9.17, 15) is 14.7 Å². The fourth-order valence-electron chi connectivity index (χ4n) is 1.56. The van der Waals surface area contributed by atoms with E-state index in [-0.39, 0.29) is 81.7 Å². The molecule has 0 spiro atoms. The van der Waals surface area contributed by atoms with E-state index in [2.05, 4.69) is 0 Å². The Morgan fingerprint density at radius 3 is 2.00 bits per heavy atom. The van der Waals surface area contributed by atoms with Gasteiger partial charge in [0.1, 0.15) is 17.1 Å². The molecule has 7 heteroatoms. The number of primary amides is 1. The van der Waals surface area contributed by atoms with Crippen molar-refractivity contribution in [3.05, 3.63) is 59.7 Å². The van der Waals surface area contributed by atoms with Crippen LogP contribution in [0.25, 0.3) is 0 Å². The monoisotopic (exact) mass is 305 g/mol. The van der Waals surface area contributed by atoms with Crippen LogP contribution in [0.1, 0.15) is 20.7 Å². The minimum absolute atomic E-state index is 0. The third-order valence-corrected chi connectivity index (χ3v) is 2.48. The molecule has 0 atom stereocenters. The van der Waals surface area contributed by atoms with Gasteiger partial charge in [-0.05, 0) is 24.3 Å². The molecule has 100 valence electrons. The van der Waals surface area contributed by atoms with Crippen LogP contribution in [-0.4, -0.2) is 76.1 Å². The normalized spacial score (nSPS) is 8.95. The van der Waals surface area contributed by atoms with Gasteiger partial charge in [0.15, 0.2) is 0 Å². The Morgan fingerprint density at radius 2 is 1.43 bits per heavy atom. The SMILES string of the molecule is NC(=O)c1ccccc1OC(=O)c1ccccc1O.[NaH].[NaH]. The van der Waals surface area contributed by atoms with Crippen molar-refractivity contribution in [3.8, 4) is 11.5 Å². The Bertz CT molecular complexity index is 646. The molecule has 2 aromatic carbocycles. The van der Waals surface area contributed by atoms with Gasteiger partial charge in [-0.2, -0.15) is 0 Å². The summed E-state index contributed by atoms with van der Waals surface area (Å²) in [6.45, 7) is 0. The summed E-state index contributed by atoms with van der Waals surface area (Å²) in [4.78, 5) is 23.1. The van der Waals surface area contributed by atoms with Gasteiger partial charge >= 0.3 is 65.1 Å². The topological polar surface area (TPSA) is 89.6 Å². The summed E-state index contributed by atoms with van der Waals surface area (Å²) in [7, 11) is 0. The number of esters is 1. The van der Waals surface area contributed by atoms with Crippen LogP contribution in [0, 0.1) is 0 Å². The van der Waals surface area contributed by atoms with Crippen molar-refractivity contribution in [3.63, 3.8) is 0 Å². The van der Waals surface area contributed by atoms with Crippen LogP contribution in [0.4, 0.5) is 0 Å². The number of ether oxygens (including phenoxy) is 1. The third-order valence-electron chi connectivity index (χ3n) is 2.48. The van der Waals surface area contributed by atoms with Gasteiger partial charge < -0.3 is 15.6 Å². The predicted octanol–water partition coefficient (Wildman–Crippen LogP) is 0.413. The molecule has 21 heavy (non-hydrogen) atoms. The van der Waals surface area contributed by atoms with Gasteiger partial charge in [-0.25, -0.2) is 4.79 Å². The van der Waals surface area contributed by atoms with Crippen molar-refractivity contribution in [2.75, 3.05) is 0 Å². The summed E-state index contributed by atoms with van der Waals surface area (Å²) in [6.07, 6.45) is 0. The molecule has 0 fully saturated rings. The van der Waals surface area contributed by atoms with Gasteiger partial charge in [0.25, 0.3) is 5.91 Å². The Morgan fingerprint density at radius 1 is 0.905 bits per heavy atom. The maximum atomic E-state index is 11.9. The molecule has 0 aliphatic rings. The summed E-state index contributed by atoms with van der Waals surface area (Å²) in [5.41, 5.74) is 5.30. The number of carbonyl (C=O) groups excluding carboxylic acids is 2. The molecule has 0 saturated carbocycles. The van der Waals surface area contributed by atoms with E-state index in [1.165, 1.54) is 24.3 Å². The van der Waals surface area contributed by atoms with E-state index in [1.807, 2.05) is 0 Å². The quantitative estimate of drug-likeness (QED) is 0.488.